The lowest BCUT2D eigenvalue weighted by Gasteiger charge is -2.14. The van der Waals surface area contributed by atoms with Gasteiger partial charge in [0.05, 0.1) is 34.0 Å². The Morgan fingerprint density at radius 3 is 2.86 bits per heavy atom. The van der Waals surface area contributed by atoms with E-state index in [0.29, 0.717) is 11.8 Å². The first-order chi connectivity index (χ1) is 10.1. The van der Waals surface area contributed by atoms with E-state index in [1.54, 1.807) is 12.1 Å². The lowest BCUT2D eigenvalue weighted by molar-refractivity contribution is -0.383. The molecule has 1 aromatic heterocycles. The molecule has 0 bridgehead atoms. The van der Waals surface area contributed by atoms with Crippen LogP contribution in [0.25, 0.3) is 10.9 Å². The summed E-state index contributed by atoms with van der Waals surface area (Å²) in [6.07, 6.45) is 2.06. The van der Waals surface area contributed by atoms with Crippen LogP contribution in [-0.2, 0) is 0 Å². The van der Waals surface area contributed by atoms with Crippen LogP contribution < -0.4 is 5.32 Å². The van der Waals surface area contributed by atoms with E-state index in [9.17, 15) is 14.9 Å². The second-order valence-electron chi connectivity index (χ2n) is 4.55. The highest BCUT2D eigenvalue weighted by Gasteiger charge is 2.20. The third-order valence-electron chi connectivity index (χ3n) is 3.24. The maximum absolute atomic E-state index is 12.2. The molecule has 0 spiro atoms. The van der Waals surface area contributed by atoms with Gasteiger partial charge in [-0.1, -0.05) is 6.92 Å². The summed E-state index contributed by atoms with van der Waals surface area (Å²) >= 11 is 0. The molecule has 1 heterocycles. The number of rotatable bonds is 5. The Kier molecular flexibility index (Phi) is 4.44. The van der Waals surface area contributed by atoms with Crippen LogP contribution in [-0.4, -0.2) is 33.6 Å². The average Bonchev–Trinajstić information content (AvgIpc) is 2.51. The Labute approximate surface area is 120 Å². The number of nitrogens with zero attached hydrogens (tertiary/aromatic N) is 2. The van der Waals surface area contributed by atoms with Crippen molar-refractivity contribution >= 4 is 22.5 Å². The van der Waals surface area contributed by atoms with Gasteiger partial charge in [0.1, 0.15) is 0 Å². The van der Waals surface area contributed by atoms with Gasteiger partial charge in [-0.05, 0) is 24.6 Å². The van der Waals surface area contributed by atoms with E-state index in [4.69, 9.17) is 5.11 Å². The van der Waals surface area contributed by atoms with Crippen molar-refractivity contribution < 1.29 is 14.8 Å². The van der Waals surface area contributed by atoms with Crippen LogP contribution in [0.4, 0.5) is 5.69 Å². The molecule has 1 amide bonds. The van der Waals surface area contributed by atoms with Crippen LogP contribution in [0.2, 0.25) is 0 Å². The van der Waals surface area contributed by atoms with Crippen LogP contribution in [0.15, 0.2) is 30.5 Å². The summed E-state index contributed by atoms with van der Waals surface area (Å²) < 4.78 is 0. The normalized spacial score (nSPS) is 12.1. The van der Waals surface area contributed by atoms with Gasteiger partial charge in [0.2, 0.25) is 0 Å². The summed E-state index contributed by atoms with van der Waals surface area (Å²) in [6.45, 7) is 1.67. The van der Waals surface area contributed by atoms with Gasteiger partial charge in [-0.2, -0.15) is 0 Å². The van der Waals surface area contributed by atoms with Gasteiger partial charge in [0.15, 0.2) is 0 Å². The molecule has 2 aromatic rings. The number of hydrogen-bond acceptors (Lipinski definition) is 5. The van der Waals surface area contributed by atoms with Crippen molar-refractivity contribution in [3.05, 3.63) is 46.1 Å². The summed E-state index contributed by atoms with van der Waals surface area (Å²) in [5, 5.41) is 23.1. The highest BCUT2D eigenvalue weighted by atomic mass is 16.6. The van der Waals surface area contributed by atoms with E-state index in [-0.39, 0.29) is 29.4 Å². The zero-order valence-corrected chi connectivity index (χ0v) is 11.4. The van der Waals surface area contributed by atoms with Crippen LogP contribution in [0.5, 0.6) is 0 Å². The minimum Gasteiger partial charge on any atom is -0.394 e. The molecule has 1 atom stereocenters. The van der Waals surface area contributed by atoms with E-state index in [1.165, 1.54) is 18.3 Å². The largest absolute Gasteiger partial charge is 0.394 e. The predicted molar refractivity (Wildman–Crippen MR) is 77.0 cm³/mol. The first kappa shape index (κ1) is 14.9. The Balaban J connectivity index is 2.48. The molecule has 0 saturated heterocycles. The number of carbonyl (C=O) groups excluding carboxylic acids is 1. The minimum absolute atomic E-state index is 0.0937. The number of aromatic nitrogens is 1. The van der Waals surface area contributed by atoms with Gasteiger partial charge in [-0.15, -0.1) is 0 Å². The Hall–Kier alpha value is -2.54. The van der Waals surface area contributed by atoms with Crippen molar-refractivity contribution in [2.45, 2.75) is 19.4 Å². The number of aliphatic hydroxyl groups excluding tert-OH is 1. The number of hydrogen-bond donors (Lipinski definition) is 2. The third-order valence-corrected chi connectivity index (χ3v) is 3.24. The number of non-ortho nitro benzene ring substituents is 1. The van der Waals surface area contributed by atoms with Gasteiger partial charge >= 0.3 is 0 Å². The number of nitro groups is 1. The number of aliphatic hydroxyl groups is 1. The van der Waals surface area contributed by atoms with Crippen LogP contribution in [0.1, 0.15) is 23.7 Å². The van der Waals surface area contributed by atoms with E-state index in [2.05, 4.69) is 10.3 Å². The Bertz CT molecular complexity index is 683. The summed E-state index contributed by atoms with van der Waals surface area (Å²) in [6, 6.07) is 5.46. The van der Waals surface area contributed by atoms with E-state index >= 15 is 0 Å². The van der Waals surface area contributed by atoms with Gasteiger partial charge in [0.25, 0.3) is 11.6 Å². The van der Waals surface area contributed by atoms with Crippen molar-refractivity contribution in [1.29, 1.82) is 0 Å². The SMILES string of the molecule is CCC(CO)NC(=O)c1ccc([N+](=O)[O-])c2cccnc12. The van der Waals surface area contributed by atoms with Crippen molar-refractivity contribution in [2.24, 2.45) is 0 Å². The first-order valence-corrected chi connectivity index (χ1v) is 6.52. The smallest absolute Gasteiger partial charge is 0.278 e. The van der Waals surface area contributed by atoms with Gasteiger partial charge < -0.3 is 10.4 Å². The summed E-state index contributed by atoms with van der Waals surface area (Å²) in [4.78, 5) is 26.8. The maximum atomic E-state index is 12.2. The molecule has 7 nitrogen and oxygen atoms in total. The topological polar surface area (TPSA) is 105 Å². The maximum Gasteiger partial charge on any atom is 0.278 e. The Morgan fingerprint density at radius 2 is 2.24 bits per heavy atom. The average molecular weight is 289 g/mol. The van der Waals surface area contributed by atoms with Crippen molar-refractivity contribution in [3.63, 3.8) is 0 Å². The molecule has 110 valence electrons. The molecular weight excluding hydrogens is 274 g/mol. The molecule has 0 radical (unpaired) electrons. The zero-order chi connectivity index (χ0) is 15.4. The monoisotopic (exact) mass is 289 g/mol. The molecule has 2 rings (SSSR count). The van der Waals surface area contributed by atoms with Crippen LogP contribution >= 0.6 is 0 Å². The van der Waals surface area contributed by atoms with Crippen LogP contribution in [0, 0.1) is 10.1 Å². The fourth-order valence-electron chi connectivity index (χ4n) is 2.04. The lowest BCUT2D eigenvalue weighted by Crippen LogP contribution is -2.37. The second-order valence-corrected chi connectivity index (χ2v) is 4.55. The van der Waals surface area contributed by atoms with Gasteiger partial charge in [-0.3, -0.25) is 19.9 Å². The highest BCUT2D eigenvalue weighted by Crippen LogP contribution is 2.26. The quantitative estimate of drug-likeness (QED) is 0.643. The van der Waals surface area contributed by atoms with Crippen LogP contribution in [0.3, 0.4) is 0 Å². The summed E-state index contributed by atoms with van der Waals surface area (Å²) in [7, 11) is 0. The molecule has 2 N–H and O–H groups in total. The second kappa shape index (κ2) is 6.27. The zero-order valence-electron chi connectivity index (χ0n) is 11.4. The molecule has 0 aliphatic carbocycles. The summed E-state index contributed by atoms with van der Waals surface area (Å²) in [5.41, 5.74) is 0.434. The van der Waals surface area contributed by atoms with Gasteiger partial charge in [0, 0.05) is 12.3 Å². The molecular formula is C14H15N3O4. The molecule has 21 heavy (non-hydrogen) atoms. The number of nitrogens with one attached hydrogen (secondary N) is 1. The molecule has 1 aromatic carbocycles. The van der Waals surface area contributed by atoms with E-state index < -0.39 is 10.8 Å². The number of benzene rings is 1. The molecule has 0 aliphatic heterocycles. The number of nitro benzene ring substituents is 1. The third kappa shape index (κ3) is 2.97. The van der Waals surface area contributed by atoms with Crippen molar-refractivity contribution in [3.8, 4) is 0 Å². The number of amides is 1. The minimum atomic E-state index is -0.506. The molecule has 0 saturated carbocycles. The number of carbonyl (C=O) groups is 1. The van der Waals surface area contributed by atoms with Crippen molar-refractivity contribution in [1.82, 2.24) is 10.3 Å². The molecule has 0 fully saturated rings. The fourth-order valence-corrected chi connectivity index (χ4v) is 2.04. The highest BCUT2D eigenvalue weighted by molar-refractivity contribution is 6.07. The number of pyridine rings is 1. The van der Waals surface area contributed by atoms with E-state index in [1.807, 2.05) is 6.92 Å². The number of fused-ring (bicyclic) bond motifs is 1. The Morgan fingerprint density at radius 1 is 1.48 bits per heavy atom. The summed E-state index contributed by atoms with van der Waals surface area (Å²) in [5.74, 6) is -0.408. The van der Waals surface area contributed by atoms with Crippen molar-refractivity contribution in [2.75, 3.05) is 6.61 Å². The molecule has 0 aliphatic rings. The lowest BCUT2D eigenvalue weighted by atomic mass is 10.1. The molecule has 7 heteroatoms. The standard InChI is InChI=1S/C14H15N3O4/c1-2-9(8-18)16-14(19)11-5-6-12(17(20)21)10-4-3-7-15-13(10)11/h3-7,9,18H,2,8H2,1H3,(H,16,19). The first-order valence-electron chi connectivity index (χ1n) is 6.52. The molecule has 1 unspecified atom stereocenters. The fraction of sp³-hybridized carbons (Fsp3) is 0.286. The van der Waals surface area contributed by atoms with E-state index in [0.717, 1.165) is 0 Å². The van der Waals surface area contributed by atoms with Gasteiger partial charge in [-0.25, -0.2) is 0 Å². The predicted octanol–water partition coefficient (Wildman–Crippen LogP) is 1.64.